The van der Waals surface area contributed by atoms with E-state index in [4.69, 9.17) is 11.6 Å². The number of anilines is 4. The monoisotopic (exact) mass is 1090 g/mol. The molecule has 1 aromatic heterocycles. The van der Waals surface area contributed by atoms with Crippen molar-refractivity contribution in [2.24, 2.45) is 5.92 Å². The van der Waals surface area contributed by atoms with E-state index in [0.717, 1.165) is 71.2 Å². The van der Waals surface area contributed by atoms with Crippen LogP contribution in [-0.4, -0.2) is 112 Å². The number of hydrogen-bond donors (Lipinski definition) is 4. The maximum atomic E-state index is 14.3. The van der Waals surface area contributed by atoms with Gasteiger partial charge in [-0.05, 0) is 149 Å². The van der Waals surface area contributed by atoms with Gasteiger partial charge in [0.2, 0.25) is 0 Å². The molecule has 8 rings (SSSR count). The van der Waals surface area contributed by atoms with Crippen LogP contribution in [0.4, 0.5) is 35.9 Å². The van der Waals surface area contributed by atoms with Gasteiger partial charge in [0.05, 0.1) is 21.8 Å². The Labute approximate surface area is 440 Å². The molecular formula is C54H60ClF3N6O7S3. The zero-order valence-corrected chi connectivity index (χ0v) is 44.4. The molecular weight excluding hydrogens is 1030 g/mol. The van der Waals surface area contributed by atoms with E-state index in [-0.39, 0.29) is 35.5 Å². The van der Waals surface area contributed by atoms with Crippen LogP contribution in [0, 0.1) is 12.8 Å². The number of sulfonamides is 1. The van der Waals surface area contributed by atoms with E-state index in [1.807, 2.05) is 87.5 Å². The summed E-state index contributed by atoms with van der Waals surface area (Å²) in [6.07, 6.45) is 2.08. The summed E-state index contributed by atoms with van der Waals surface area (Å²) < 4.78 is 101. The first-order valence-corrected chi connectivity index (χ1v) is 28.8. The van der Waals surface area contributed by atoms with Crippen LogP contribution in [0.3, 0.4) is 0 Å². The van der Waals surface area contributed by atoms with Gasteiger partial charge in [0.25, 0.3) is 19.9 Å². The van der Waals surface area contributed by atoms with Crippen molar-refractivity contribution in [1.29, 1.82) is 0 Å². The van der Waals surface area contributed by atoms with Gasteiger partial charge in [-0.2, -0.15) is 13.2 Å². The van der Waals surface area contributed by atoms with Crippen molar-refractivity contribution in [3.05, 3.63) is 138 Å². The molecule has 1 unspecified atom stereocenters. The average Bonchev–Trinajstić information content (AvgIpc) is 3.71. The number of aliphatic hydroxyl groups is 1. The smallest absolute Gasteiger partial charge is 0.478 e. The van der Waals surface area contributed by atoms with E-state index < -0.39 is 47.2 Å². The molecule has 20 heteroatoms. The minimum atomic E-state index is -6.03. The highest BCUT2D eigenvalue weighted by atomic mass is 35.5. The molecule has 2 aliphatic heterocycles. The standard InChI is InChI=1S/C54H60ClF3N6O7S3/c1-36(2)64-37(3)50(53(66)67)51(52(64)39-12-14-41(55)15-13-39)40-8-7-9-45(32-40)63-30-28-62(29-31-63)44-18-16-42(17-19-44)60-74(70,71)47-20-21-48(49(33-47)73(68,69)54(56,57)58)59-43(35-72-46-10-5-4-6-11-46)24-27-61-25-22-38(34-65)23-26-61/h4-21,32-33,36,38,43,59-60,65H,22-31,34-35H2,1-3H3,(H,66,67). The lowest BCUT2D eigenvalue weighted by atomic mass is 9.96. The van der Waals surface area contributed by atoms with Crippen LogP contribution < -0.4 is 19.8 Å². The fraction of sp³-hybridized carbons (Fsp3) is 0.352. The number of thioether (sulfide) groups is 1. The van der Waals surface area contributed by atoms with Gasteiger partial charge in [-0.15, -0.1) is 11.8 Å². The molecule has 0 bridgehead atoms. The third-order valence-electron chi connectivity index (χ3n) is 13.7. The number of nitrogens with one attached hydrogen (secondary N) is 2. The molecule has 0 spiro atoms. The van der Waals surface area contributed by atoms with Crippen LogP contribution in [0.1, 0.15) is 55.2 Å². The lowest BCUT2D eigenvalue weighted by molar-refractivity contribution is -0.0436. The summed E-state index contributed by atoms with van der Waals surface area (Å²) >= 11 is 7.72. The third-order valence-corrected chi connectivity index (χ3v) is 18.1. The molecule has 0 aliphatic carbocycles. The average molecular weight is 1090 g/mol. The van der Waals surface area contributed by atoms with E-state index >= 15 is 0 Å². The lowest BCUT2D eigenvalue weighted by Gasteiger charge is -2.37. The quantitative estimate of drug-likeness (QED) is 0.0569. The highest BCUT2D eigenvalue weighted by molar-refractivity contribution is 7.99. The topological polar surface area (TPSA) is 165 Å². The minimum Gasteiger partial charge on any atom is -0.478 e. The van der Waals surface area contributed by atoms with Gasteiger partial charge in [0.15, 0.2) is 0 Å². The molecule has 3 heterocycles. The number of piperazine rings is 1. The molecule has 0 saturated carbocycles. The maximum absolute atomic E-state index is 14.3. The van der Waals surface area contributed by atoms with Crippen molar-refractivity contribution in [2.75, 3.05) is 78.0 Å². The van der Waals surface area contributed by atoms with Crippen LogP contribution >= 0.6 is 23.4 Å². The summed E-state index contributed by atoms with van der Waals surface area (Å²) in [5.74, 6) is -0.426. The molecule has 74 heavy (non-hydrogen) atoms. The van der Waals surface area contributed by atoms with Crippen LogP contribution in [0.15, 0.2) is 136 Å². The Balaban J connectivity index is 0.966. The van der Waals surface area contributed by atoms with E-state index in [2.05, 4.69) is 29.3 Å². The summed E-state index contributed by atoms with van der Waals surface area (Å²) in [6, 6.07) is 33.4. The van der Waals surface area contributed by atoms with Crippen LogP contribution in [-0.2, 0) is 19.9 Å². The molecule has 1 atom stereocenters. The summed E-state index contributed by atoms with van der Waals surface area (Å²) in [5, 5.41) is 23.8. The first-order chi connectivity index (χ1) is 35.2. The van der Waals surface area contributed by atoms with Crippen molar-refractivity contribution in [3.63, 3.8) is 0 Å². The number of hydrogen-bond acceptors (Lipinski definition) is 11. The molecule has 5 aromatic carbocycles. The Bertz CT molecular complexity index is 3150. The molecule has 6 aromatic rings. The zero-order chi connectivity index (χ0) is 53.0. The number of piperidine rings is 1. The largest absolute Gasteiger partial charge is 0.501 e. The molecule has 4 N–H and O–H groups in total. The Morgan fingerprint density at radius 2 is 1.45 bits per heavy atom. The van der Waals surface area contributed by atoms with E-state index in [9.17, 15) is 45.0 Å². The molecule has 0 radical (unpaired) electrons. The van der Waals surface area contributed by atoms with Crippen molar-refractivity contribution in [1.82, 2.24) is 9.47 Å². The number of carboxylic acids is 1. The van der Waals surface area contributed by atoms with E-state index in [1.54, 1.807) is 24.3 Å². The van der Waals surface area contributed by atoms with Gasteiger partial charge in [-0.3, -0.25) is 4.72 Å². The number of carboxylic acid groups (broad SMARTS) is 1. The SMILES string of the molecule is Cc1c(C(=O)O)c(-c2cccc(N3CCN(c4ccc(NS(=O)(=O)c5ccc(NC(CCN6CCC(CO)CC6)CSc6ccccc6)c(S(=O)(=O)C(F)(F)F)c5)cc4)CC3)c2)c(-c2ccc(Cl)cc2)n1C(C)C. The Kier molecular flexibility index (Phi) is 17.0. The van der Waals surface area contributed by atoms with Gasteiger partial charge < -0.3 is 34.8 Å². The van der Waals surface area contributed by atoms with Gasteiger partial charge in [0, 0.05) is 95.4 Å². The molecule has 2 saturated heterocycles. The molecule has 394 valence electrons. The molecule has 13 nitrogen and oxygen atoms in total. The predicted octanol–water partition coefficient (Wildman–Crippen LogP) is 11.2. The Hall–Kier alpha value is -5.70. The third kappa shape index (κ3) is 12.3. The number of carbonyl (C=O) groups is 1. The second-order valence-corrected chi connectivity index (χ2v) is 24.1. The second-order valence-electron chi connectivity index (χ2n) is 19.0. The van der Waals surface area contributed by atoms with Crippen LogP contribution in [0.2, 0.25) is 5.02 Å². The minimum absolute atomic E-state index is 0.0309. The lowest BCUT2D eigenvalue weighted by Crippen LogP contribution is -2.46. The van der Waals surface area contributed by atoms with Gasteiger partial charge in [-0.1, -0.05) is 54.1 Å². The van der Waals surface area contributed by atoms with Crippen molar-refractivity contribution < 1.29 is 45.0 Å². The number of nitrogens with zero attached hydrogens (tertiary/aromatic N) is 4. The zero-order valence-electron chi connectivity index (χ0n) is 41.2. The second kappa shape index (κ2) is 23.0. The normalized spacial score (nSPS) is 15.6. The number of aliphatic hydroxyl groups excluding tert-OH is 1. The maximum Gasteiger partial charge on any atom is 0.501 e. The number of aromatic carboxylic acids is 1. The summed E-state index contributed by atoms with van der Waals surface area (Å²) in [5.41, 5.74) is -0.334. The van der Waals surface area contributed by atoms with E-state index in [0.29, 0.717) is 67.2 Å². The van der Waals surface area contributed by atoms with Gasteiger partial charge in [0.1, 0.15) is 4.90 Å². The van der Waals surface area contributed by atoms with Gasteiger partial charge in [-0.25, -0.2) is 21.6 Å². The van der Waals surface area contributed by atoms with Crippen LogP contribution in [0.25, 0.3) is 22.4 Å². The number of aromatic nitrogens is 1. The number of rotatable bonds is 19. The first kappa shape index (κ1) is 54.6. The van der Waals surface area contributed by atoms with Crippen molar-refractivity contribution >= 4 is 71.9 Å². The molecule has 2 aliphatic rings. The Morgan fingerprint density at radius 1 is 0.797 bits per heavy atom. The number of alkyl halides is 3. The summed E-state index contributed by atoms with van der Waals surface area (Å²) in [4.78, 5) is 18.5. The molecule has 0 amide bonds. The predicted molar refractivity (Wildman–Crippen MR) is 289 cm³/mol. The van der Waals surface area contributed by atoms with E-state index in [1.165, 1.54) is 23.9 Å². The first-order valence-electron chi connectivity index (χ1n) is 24.4. The fourth-order valence-corrected chi connectivity index (χ4v) is 13.0. The summed E-state index contributed by atoms with van der Waals surface area (Å²) in [7, 11) is -10.6. The molecule has 2 fully saturated rings. The highest BCUT2D eigenvalue weighted by Gasteiger charge is 2.48. The van der Waals surface area contributed by atoms with Gasteiger partial charge >= 0.3 is 11.5 Å². The number of likely N-dealkylation sites (tertiary alicyclic amines) is 1. The highest BCUT2D eigenvalue weighted by Crippen LogP contribution is 2.43. The fourth-order valence-electron chi connectivity index (χ4n) is 9.82. The Morgan fingerprint density at radius 3 is 2.05 bits per heavy atom. The van der Waals surface area contributed by atoms with Crippen LogP contribution in [0.5, 0.6) is 0 Å². The number of sulfone groups is 1. The number of halogens is 4. The summed E-state index contributed by atoms with van der Waals surface area (Å²) in [6.45, 7) is 10.5. The number of benzene rings is 5. The van der Waals surface area contributed by atoms with Crippen molar-refractivity contribution in [2.45, 2.75) is 72.3 Å². The van der Waals surface area contributed by atoms with Crippen molar-refractivity contribution in [3.8, 4) is 22.4 Å².